The molecule has 1 aliphatic heterocycles. The average molecular weight is 405 g/mol. The number of hydrazone groups is 1. The lowest BCUT2D eigenvalue weighted by atomic mass is 9.86. The molecule has 1 amide bonds. The number of furan rings is 1. The van der Waals surface area contributed by atoms with Gasteiger partial charge in [-0.25, -0.2) is 14.8 Å². The Morgan fingerprint density at radius 3 is 2.62 bits per heavy atom. The van der Waals surface area contributed by atoms with Crippen LogP contribution in [0.1, 0.15) is 38.4 Å². The van der Waals surface area contributed by atoms with E-state index in [9.17, 15) is 14.7 Å². The van der Waals surface area contributed by atoms with Crippen molar-refractivity contribution in [2.24, 2.45) is 11.0 Å². The highest BCUT2D eigenvalue weighted by Crippen LogP contribution is 2.32. The molecule has 0 aromatic carbocycles. The number of amides is 1. The molecule has 9 nitrogen and oxygen atoms in total. The third kappa shape index (κ3) is 4.86. The predicted molar refractivity (Wildman–Crippen MR) is 106 cm³/mol. The Morgan fingerprint density at radius 1 is 1.31 bits per heavy atom. The van der Waals surface area contributed by atoms with E-state index in [4.69, 9.17) is 14.2 Å². The van der Waals surface area contributed by atoms with Gasteiger partial charge in [0.2, 0.25) is 0 Å². The van der Waals surface area contributed by atoms with Gasteiger partial charge in [0.05, 0.1) is 24.1 Å². The van der Waals surface area contributed by atoms with Crippen LogP contribution in [0.3, 0.4) is 0 Å². The van der Waals surface area contributed by atoms with Crippen molar-refractivity contribution in [1.29, 1.82) is 0 Å². The van der Waals surface area contributed by atoms with Crippen LogP contribution in [0.15, 0.2) is 27.2 Å². The molecule has 29 heavy (non-hydrogen) atoms. The minimum Gasteiger partial charge on any atom is -0.481 e. The minimum absolute atomic E-state index is 0.0353. The van der Waals surface area contributed by atoms with Gasteiger partial charge in [-0.1, -0.05) is 0 Å². The second kappa shape index (κ2) is 9.23. The van der Waals surface area contributed by atoms with E-state index in [1.54, 1.807) is 19.1 Å². The molecule has 1 aromatic heterocycles. The lowest BCUT2D eigenvalue weighted by Gasteiger charge is -2.30. The molecule has 1 aromatic rings. The molecule has 1 saturated carbocycles. The van der Waals surface area contributed by atoms with Gasteiger partial charge in [0.1, 0.15) is 18.1 Å². The number of carbonyl (C=O) groups is 2. The largest absolute Gasteiger partial charge is 0.481 e. The zero-order valence-electron chi connectivity index (χ0n) is 17.0. The highest BCUT2D eigenvalue weighted by molar-refractivity contribution is 6.27. The number of hydrogen-bond donors (Lipinski definition) is 1. The van der Waals surface area contributed by atoms with E-state index in [0.29, 0.717) is 55.2 Å². The summed E-state index contributed by atoms with van der Waals surface area (Å²) in [6.07, 6.45) is 3.93. The van der Waals surface area contributed by atoms with Crippen LogP contribution >= 0.6 is 0 Å². The van der Waals surface area contributed by atoms with Crippen LogP contribution in [0, 0.1) is 5.92 Å². The van der Waals surface area contributed by atoms with E-state index >= 15 is 0 Å². The first-order chi connectivity index (χ1) is 13.9. The predicted octanol–water partition coefficient (Wildman–Crippen LogP) is 2.54. The molecule has 0 spiro atoms. The molecule has 2 heterocycles. The van der Waals surface area contributed by atoms with E-state index in [1.807, 2.05) is 25.1 Å². The van der Waals surface area contributed by atoms with Crippen molar-refractivity contribution in [3.8, 4) is 0 Å². The van der Waals surface area contributed by atoms with Crippen molar-refractivity contribution in [3.05, 3.63) is 23.5 Å². The molecule has 0 saturated heterocycles. The van der Waals surface area contributed by atoms with E-state index in [-0.39, 0.29) is 24.5 Å². The summed E-state index contributed by atoms with van der Waals surface area (Å²) in [6, 6.07) is 3.49. The summed E-state index contributed by atoms with van der Waals surface area (Å²) in [4.78, 5) is 36.2. The monoisotopic (exact) mass is 405 g/mol. The minimum atomic E-state index is -0.777. The lowest BCUT2D eigenvalue weighted by Crippen LogP contribution is -2.37. The third-order valence-electron chi connectivity index (χ3n) is 5.11. The van der Waals surface area contributed by atoms with Crippen molar-refractivity contribution in [2.75, 3.05) is 32.2 Å². The summed E-state index contributed by atoms with van der Waals surface area (Å²) in [5.74, 6) is -0.147. The van der Waals surface area contributed by atoms with E-state index in [1.165, 1.54) is 5.01 Å². The third-order valence-corrected chi connectivity index (χ3v) is 5.11. The van der Waals surface area contributed by atoms with Gasteiger partial charge >= 0.3 is 5.97 Å². The van der Waals surface area contributed by atoms with Crippen molar-refractivity contribution in [3.63, 3.8) is 0 Å². The van der Waals surface area contributed by atoms with Gasteiger partial charge in [0, 0.05) is 20.2 Å². The van der Waals surface area contributed by atoms with Crippen molar-refractivity contribution < 1.29 is 28.9 Å². The number of rotatable bonds is 8. The zero-order valence-corrected chi connectivity index (χ0v) is 17.0. The van der Waals surface area contributed by atoms with E-state index < -0.39 is 5.97 Å². The van der Waals surface area contributed by atoms with Crippen LogP contribution in [-0.4, -0.2) is 61.1 Å². The molecule has 1 N–H and O–H groups in total. The lowest BCUT2D eigenvalue weighted by molar-refractivity contribution is -0.279. The van der Waals surface area contributed by atoms with Crippen LogP contribution in [-0.2, 0) is 19.4 Å². The molecule has 1 fully saturated rings. The maximum absolute atomic E-state index is 13.1. The molecule has 158 valence electrons. The highest BCUT2D eigenvalue weighted by Gasteiger charge is 2.38. The van der Waals surface area contributed by atoms with Gasteiger partial charge in [-0.3, -0.25) is 9.59 Å². The zero-order chi connectivity index (χ0) is 21.0. The summed E-state index contributed by atoms with van der Waals surface area (Å²) in [6.45, 7) is 2.22. The summed E-state index contributed by atoms with van der Waals surface area (Å²) in [5.41, 5.74) is 0.858. The number of carbonyl (C=O) groups excluding carboxylic acids is 1. The standard InChI is InChI=1S/C20H27N3O6/c1-4-27-28-12-17-16(11-15-9-10-18(29-15)22(2)3)19(24)23(21-17)14-7-5-13(6-8-14)20(25)26/h9-11,13-14H,4-8,12H2,1-3H3,(H,25,26). The van der Waals surface area contributed by atoms with Gasteiger partial charge in [-0.05, 0) is 44.7 Å². The van der Waals surface area contributed by atoms with E-state index in [0.717, 1.165) is 0 Å². The Kier molecular flexibility index (Phi) is 6.71. The fourth-order valence-corrected chi connectivity index (χ4v) is 3.53. The topological polar surface area (TPSA) is 105 Å². The van der Waals surface area contributed by atoms with Gasteiger partial charge < -0.3 is 14.4 Å². The van der Waals surface area contributed by atoms with Gasteiger partial charge in [0.15, 0.2) is 5.88 Å². The first-order valence-corrected chi connectivity index (χ1v) is 9.78. The number of hydrogen-bond acceptors (Lipinski definition) is 7. The van der Waals surface area contributed by atoms with Crippen LogP contribution in [0.5, 0.6) is 0 Å². The number of carboxylic acids is 1. The van der Waals surface area contributed by atoms with Crippen molar-refractivity contribution >= 4 is 29.5 Å². The molecule has 3 rings (SSSR count). The van der Waals surface area contributed by atoms with Gasteiger partial charge in [-0.15, -0.1) is 0 Å². The first-order valence-electron chi connectivity index (χ1n) is 9.78. The van der Waals surface area contributed by atoms with E-state index in [2.05, 4.69) is 5.10 Å². The maximum Gasteiger partial charge on any atom is 0.306 e. The number of anilines is 1. The highest BCUT2D eigenvalue weighted by atomic mass is 17.2. The average Bonchev–Trinajstić information content (AvgIpc) is 3.29. The summed E-state index contributed by atoms with van der Waals surface area (Å²) < 4.78 is 5.74. The fourth-order valence-electron chi connectivity index (χ4n) is 3.53. The molecular weight excluding hydrogens is 378 g/mol. The molecule has 1 aliphatic carbocycles. The Hall–Kier alpha value is -2.65. The molecular formula is C20H27N3O6. The Morgan fingerprint density at radius 2 is 2.03 bits per heavy atom. The van der Waals surface area contributed by atoms with Crippen molar-refractivity contribution in [2.45, 2.75) is 38.6 Å². The summed E-state index contributed by atoms with van der Waals surface area (Å²) in [5, 5.41) is 15.1. The number of carboxylic acid groups (broad SMARTS) is 1. The van der Waals surface area contributed by atoms with Gasteiger partial charge in [0.25, 0.3) is 5.91 Å². The summed E-state index contributed by atoms with van der Waals surface area (Å²) in [7, 11) is 3.74. The molecule has 0 radical (unpaired) electrons. The molecule has 0 unspecified atom stereocenters. The summed E-state index contributed by atoms with van der Waals surface area (Å²) >= 11 is 0. The fraction of sp³-hybridized carbons (Fsp3) is 0.550. The molecule has 9 heteroatoms. The quantitative estimate of drug-likeness (QED) is 0.307. The number of nitrogens with zero attached hydrogens (tertiary/aromatic N) is 3. The second-order valence-corrected chi connectivity index (χ2v) is 7.34. The SMILES string of the molecule is CCOOCC1=NN(C2CCC(C(=O)O)CC2)C(=O)C1=Cc1ccc(N(C)C)o1. The smallest absolute Gasteiger partial charge is 0.306 e. The maximum atomic E-state index is 13.1. The van der Waals surface area contributed by atoms with Crippen LogP contribution in [0.25, 0.3) is 6.08 Å². The Bertz CT molecular complexity index is 805. The molecule has 0 atom stereocenters. The van der Waals surface area contributed by atoms with Crippen LogP contribution in [0.4, 0.5) is 5.88 Å². The first kappa shape index (κ1) is 21.1. The van der Waals surface area contributed by atoms with Gasteiger partial charge in [-0.2, -0.15) is 5.10 Å². The Labute approximate surface area is 169 Å². The second-order valence-electron chi connectivity index (χ2n) is 7.34. The van der Waals surface area contributed by atoms with Crippen molar-refractivity contribution in [1.82, 2.24) is 5.01 Å². The normalized spacial score (nSPS) is 23.6. The molecule has 2 aliphatic rings. The van der Waals surface area contributed by atoms with Crippen LogP contribution < -0.4 is 4.90 Å². The molecule has 0 bridgehead atoms. The van der Waals surface area contributed by atoms with Crippen LogP contribution in [0.2, 0.25) is 0 Å². The number of aliphatic carboxylic acids is 1. The Balaban J connectivity index is 1.79.